The highest BCUT2D eigenvalue weighted by atomic mass is 16.1. The van der Waals surface area contributed by atoms with Gasteiger partial charge in [0.2, 0.25) is 5.91 Å². The standard InChI is InChI=1S/C7H14N2O/c1-6(2)5-9-4-3-7(8)10/h9H,1,3-5H2,2H3,(H2,8,10). The fourth-order valence-corrected chi connectivity index (χ4v) is 0.513. The SMILES string of the molecule is C=C(C)CNCCC(N)=O. The molecule has 0 aliphatic heterocycles. The molecule has 0 heterocycles. The van der Waals surface area contributed by atoms with Gasteiger partial charge in [-0.1, -0.05) is 12.2 Å². The van der Waals surface area contributed by atoms with Gasteiger partial charge in [-0.05, 0) is 6.92 Å². The number of primary amides is 1. The van der Waals surface area contributed by atoms with Crippen LogP contribution in [0.15, 0.2) is 12.2 Å². The molecule has 0 aromatic carbocycles. The fraction of sp³-hybridized carbons (Fsp3) is 0.571. The Labute approximate surface area is 61.3 Å². The predicted molar refractivity (Wildman–Crippen MR) is 41.5 cm³/mol. The highest BCUT2D eigenvalue weighted by molar-refractivity contribution is 5.73. The third-order valence-electron chi connectivity index (χ3n) is 0.975. The lowest BCUT2D eigenvalue weighted by Crippen LogP contribution is -2.22. The van der Waals surface area contributed by atoms with Crippen LogP contribution in [0.2, 0.25) is 0 Å². The summed E-state index contributed by atoms with van der Waals surface area (Å²) < 4.78 is 0. The Balaban J connectivity index is 3.06. The highest BCUT2D eigenvalue weighted by Gasteiger charge is 1.91. The third-order valence-corrected chi connectivity index (χ3v) is 0.975. The van der Waals surface area contributed by atoms with Crippen LogP contribution in [-0.2, 0) is 4.79 Å². The summed E-state index contributed by atoms with van der Waals surface area (Å²) in [6.07, 6.45) is 0.396. The molecule has 0 saturated heterocycles. The number of hydrogen-bond donors (Lipinski definition) is 2. The lowest BCUT2D eigenvalue weighted by atomic mass is 10.3. The molecule has 0 fully saturated rings. The molecule has 0 saturated carbocycles. The van der Waals surface area contributed by atoms with Gasteiger partial charge >= 0.3 is 0 Å². The van der Waals surface area contributed by atoms with Crippen molar-refractivity contribution in [1.82, 2.24) is 5.32 Å². The van der Waals surface area contributed by atoms with E-state index in [1.165, 1.54) is 0 Å². The predicted octanol–water partition coefficient (Wildman–Crippen LogP) is 0.0275. The van der Waals surface area contributed by atoms with Gasteiger partial charge in [0.05, 0.1) is 0 Å². The van der Waals surface area contributed by atoms with Crippen molar-refractivity contribution in [2.45, 2.75) is 13.3 Å². The number of carbonyl (C=O) groups excluding carboxylic acids is 1. The van der Waals surface area contributed by atoms with Crippen LogP contribution < -0.4 is 11.1 Å². The summed E-state index contributed by atoms with van der Waals surface area (Å²) in [6, 6.07) is 0. The molecule has 0 bridgehead atoms. The van der Waals surface area contributed by atoms with Crippen LogP contribution in [-0.4, -0.2) is 19.0 Å². The molecule has 58 valence electrons. The zero-order chi connectivity index (χ0) is 7.98. The lowest BCUT2D eigenvalue weighted by Gasteiger charge is -2.00. The molecular weight excluding hydrogens is 128 g/mol. The maximum Gasteiger partial charge on any atom is 0.218 e. The Morgan fingerprint density at radius 3 is 2.70 bits per heavy atom. The van der Waals surface area contributed by atoms with E-state index < -0.39 is 0 Å². The lowest BCUT2D eigenvalue weighted by molar-refractivity contribution is -0.117. The molecule has 3 N–H and O–H groups in total. The van der Waals surface area contributed by atoms with Crippen LogP contribution >= 0.6 is 0 Å². The Kier molecular flexibility index (Phi) is 4.58. The number of rotatable bonds is 5. The van der Waals surface area contributed by atoms with Gasteiger partial charge in [0.15, 0.2) is 0 Å². The minimum Gasteiger partial charge on any atom is -0.370 e. The van der Waals surface area contributed by atoms with Gasteiger partial charge in [-0.15, -0.1) is 0 Å². The van der Waals surface area contributed by atoms with Crippen molar-refractivity contribution < 1.29 is 4.79 Å². The van der Waals surface area contributed by atoms with E-state index in [9.17, 15) is 4.79 Å². The van der Waals surface area contributed by atoms with Crippen LogP contribution in [0, 0.1) is 0 Å². The van der Waals surface area contributed by atoms with Gasteiger partial charge in [0.25, 0.3) is 0 Å². The second kappa shape index (κ2) is 4.99. The van der Waals surface area contributed by atoms with E-state index >= 15 is 0 Å². The summed E-state index contributed by atoms with van der Waals surface area (Å²) in [7, 11) is 0. The Bertz CT molecular complexity index is 116. The molecule has 3 nitrogen and oxygen atoms in total. The molecule has 0 atom stereocenters. The van der Waals surface area contributed by atoms with Crippen LogP contribution in [0.4, 0.5) is 0 Å². The van der Waals surface area contributed by atoms with Gasteiger partial charge in [-0.25, -0.2) is 0 Å². The van der Waals surface area contributed by atoms with E-state index in [4.69, 9.17) is 5.73 Å². The van der Waals surface area contributed by atoms with E-state index in [1.54, 1.807) is 0 Å². The van der Waals surface area contributed by atoms with Crippen LogP contribution in [0.1, 0.15) is 13.3 Å². The molecule has 0 aromatic rings. The van der Waals surface area contributed by atoms with E-state index in [0.29, 0.717) is 13.0 Å². The van der Waals surface area contributed by atoms with Crippen molar-refractivity contribution >= 4 is 5.91 Å². The first kappa shape index (κ1) is 9.17. The summed E-state index contributed by atoms with van der Waals surface area (Å²) in [4.78, 5) is 10.2. The van der Waals surface area contributed by atoms with E-state index in [1.807, 2.05) is 6.92 Å². The summed E-state index contributed by atoms with van der Waals surface area (Å²) in [5.41, 5.74) is 5.97. The van der Waals surface area contributed by atoms with Crippen molar-refractivity contribution in [1.29, 1.82) is 0 Å². The maximum absolute atomic E-state index is 10.2. The molecule has 0 aliphatic rings. The molecule has 0 unspecified atom stereocenters. The van der Waals surface area contributed by atoms with Crippen molar-refractivity contribution in [3.05, 3.63) is 12.2 Å². The van der Waals surface area contributed by atoms with Crippen LogP contribution in [0.3, 0.4) is 0 Å². The quantitative estimate of drug-likeness (QED) is 0.420. The Morgan fingerprint density at radius 2 is 2.30 bits per heavy atom. The molecule has 0 aliphatic carbocycles. The van der Waals surface area contributed by atoms with Gasteiger partial charge in [-0.2, -0.15) is 0 Å². The topological polar surface area (TPSA) is 55.1 Å². The Hall–Kier alpha value is -0.830. The zero-order valence-electron chi connectivity index (χ0n) is 6.31. The third kappa shape index (κ3) is 7.17. The molecule has 1 amide bonds. The van der Waals surface area contributed by atoms with Gasteiger partial charge < -0.3 is 11.1 Å². The van der Waals surface area contributed by atoms with Gasteiger partial charge in [0, 0.05) is 19.5 Å². The van der Waals surface area contributed by atoms with Crippen LogP contribution in [0.5, 0.6) is 0 Å². The number of carbonyl (C=O) groups is 1. The second-order valence-electron chi connectivity index (χ2n) is 2.35. The smallest absolute Gasteiger partial charge is 0.218 e. The number of hydrogen-bond acceptors (Lipinski definition) is 2. The molecule has 10 heavy (non-hydrogen) atoms. The minimum atomic E-state index is -0.269. The molecule has 0 radical (unpaired) electrons. The minimum absolute atomic E-state index is 0.269. The normalized spacial score (nSPS) is 9.30. The summed E-state index contributed by atoms with van der Waals surface area (Å²) in [6.45, 7) is 7.02. The monoisotopic (exact) mass is 142 g/mol. The first-order chi connectivity index (χ1) is 4.63. The molecule has 0 rings (SSSR count). The maximum atomic E-state index is 10.2. The van der Waals surface area contributed by atoms with Crippen molar-refractivity contribution in [3.63, 3.8) is 0 Å². The van der Waals surface area contributed by atoms with E-state index in [0.717, 1.165) is 12.1 Å². The van der Waals surface area contributed by atoms with E-state index in [2.05, 4.69) is 11.9 Å². The Morgan fingerprint density at radius 1 is 1.70 bits per heavy atom. The average Bonchev–Trinajstić information content (AvgIpc) is 1.79. The highest BCUT2D eigenvalue weighted by Crippen LogP contribution is 1.81. The van der Waals surface area contributed by atoms with Crippen molar-refractivity contribution in [3.8, 4) is 0 Å². The molecule has 3 heteroatoms. The molecule has 0 spiro atoms. The zero-order valence-corrected chi connectivity index (χ0v) is 6.31. The average molecular weight is 142 g/mol. The fourth-order valence-electron chi connectivity index (χ4n) is 0.513. The van der Waals surface area contributed by atoms with Gasteiger partial charge in [0.1, 0.15) is 0 Å². The largest absolute Gasteiger partial charge is 0.370 e. The van der Waals surface area contributed by atoms with Crippen molar-refractivity contribution in [2.75, 3.05) is 13.1 Å². The van der Waals surface area contributed by atoms with E-state index in [-0.39, 0.29) is 5.91 Å². The summed E-state index contributed by atoms with van der Waals surface area (Å²) >= 11 is 0. The van der Waals surface area contributed by atoms with Gasteiger partial charge in [-0.3, -0.25) is 4.79 Å². The second-order valence-corrected chi connectivity index (χ2v) is 2.35. The van der Waals surface area contributed by atoms with Crippen molar-refractivity contribution in [2.24, 2.45) is 5.73 Å². The number of amides is 1. The number of nitrogens with two attached hydrogens (primary N) is 1. The van der Waals surface area contributed by atoms with Crippen LogP contribution in [0.25, 0.3) is 0 Å². The molecular formula is C7H14N2O. The number of nitrogens with one attached hydrogen (secondary N) is 1. The summed E-state index contributed by atoms with van der Waals surface area (Å²) in [5.74, 6) is -0.269. The molecule has 0 aromatic heterocycles. The summed E-state index contributed by atoms with van der Waals surface area (Å²) in [5, 5.41) is 3.02. The first-order valence-corrected chi connectivity index (χ1v) is 3.26. The first-order valence-electron chi connectivity index (χ1n) is 3.26.